The van der Waals surface area contributed by atoms with Crippen LogP contribution in [0.3, 0.4) is 0 Å². The van der Waals surface area contributed by atoms with Crippen molar-refractivity contribution in [2.75, 3.05) is 6.61 Å². The molecular weight excluding hydrogens is 284 g/mol. The number of aromatic nitrogens is 2. The van der Waals surface area contributed by atoms with Crippen LogP contribution >= 0.6 is 0 Å². The minimum Gasteiger partial charge on any atom is -0.484 e. The number of nitrogens with zero attached hydrogens (tertiary/aromatic N) is 2. The van der Waals surface area contributed by atoms with E-state index in [9.17, 15) is 9.59 Å². The summed E-state index contributed by atoms with van der Waals surface area (Å²) in [7, 11) is 1.70. The second-order valence-electron chi connectivity index (χ2n) is 5.02. The van der Waals surface area contributed by atoms with Gasteiger partial charge in [0.25, 0.3) is 11.8 Å². The highest BCUT2D eigenvalue weighted by Gasteiger charge is 2.09. The van der Waals surface area contributed by atoms with E-state index in [1.165, 1.54) is 10.9 Å². The van der Waals surface area contributed by atoms with Crippen LogP contribution in [0, 0.1) is 13.8 Å². The average molecular weight is 302 g/mol. The topological polar surface area (TPSA) is 85.2 Å². The number of amides is 2. The van der Waals surface area contributed by atoms with Gasteiger partial charge in [-0.3, -0.25) is 25.1 Å². The largest absolute Gasteiger partial charge is 0.484 e. The molecule has 2 rings (SSSR count). The minimum atomic E-state index is -0.448. The number of ether oxygens (including phenoxy) is 1. The van der Waals surface area contributed by atoms with Crippen LogP contribution in [0.15, 0.2) is 30.6 Å². The van der Waals surface area contributed by atoms with Gasteiger partial charge in [-0.05, 0) is 37.1 Å². The highest BCUT2D eigenvalue weighted by Crippen LogP contribution is 2.15. The molecule has 1 aromatic heterocycles. The van der Waals surface area contributed by atoms with E-state index >= 15 is 0 Å². The number of hydrogen-bond donors (Lipinski definition) is 2. The van der Waals surface area contributed by atoms with E-state index in [2.05, 4.69) is 16.0 Å². The minimum absolute atomic E-state index is 0.184. The maximum absolute atomic E-state index is 11.7. The lowest BCUT2D eigenvalue weighted by Crippen LogP contribution is -2.43. The molecule has 0 atom stereocenters. The van der Waals surface area contributed by atoms with Crippen molar-refractivity contribution in [3.63, 3.8) is 0 Å². The van der Waals surface area contributed by atoms with Crippen LogP contribution in [0.25, 0.3) is 0 Å². The van der Waals surface area contributed by atoms with Gasteiger partial charge >= 0.3 is 0 Å². The fraction of sp³-hybridized carbons (Fsp3) is 0.267. The van der Waals surface area contributed by atoms with E-state index in [-0.39, 0.29) is 6.61 Å². The Morgan fingerprint density at radius 3 is 2.45 bits per heavy atom. The Bertz CT molecular complexity index is 674. The monoisotopic (exact) mass is 302 g/mol. The molecule has 0 aliphatic rings. The molecule has 7 nitrogen and oxygen atoms in total. The normalized spacial score (nSPS) is 10.1. The van der Waals surface area contributed by atoms with Gasteiger partial charge in [0.05, 0.1) is 11.8 Å². The van der Waals surface area contributed by atoms with Gasteiger partial charge in [0.1, 0.15) is 5.75 Å². The first kappa shape index (κ1) is 15.6. The van der Waals surface area contributed by atoms with E-state index in [0.29, 0.717) is 11.3 Å². The first-order chi connectivity index (χ1) is 10.4. The van der Waals surface area contributed by atoms with Gasteiger partial charge in [-0.25, -0.2) is 0 Å². The molecule has 0 unspecified atom stereocenters. The van der Waals surface area contributed by atoms with Crippen LogP contribution in [0.1, 0.15) is 21.5 Å². The van der Waals surface area contributed by atoms with Gasteiger partial charge in [0.2, 0.25) is 0 Å². The number of hydrazine groups is 1. The van der Waals surface area contributed by atoms with Gasteiger partial charge in [-0.15, -0.1) is 0 Å². The van der Waals surface area contributed by atoms with Crippen molar-refractivity contribution < 1.29 is 14.3 Å². The molecule has 0 fully saturated rings. The summed E-state index contributed by atoms with van der Waals surface area (Å²) >= 11 is 0. The Hall–Kier alpha value is -2.83. The summed E-state index contributed by atoms with van der Waals surface area (Å²) in [4.78, 5) is 23.4. The summed E-state index contributed by atoms with van der Waals surface area (Å²) in [5.74, 6) is -0.268. The lowest BCUT2D eigenvalue weighted by molar-refractivity contribution is -0.123. The van der Waals surface area contributed by atoms with Gasteiger partial charge in [-0.1, -0.05) is 6.07 Å². The van der Waals surface area contributed by atoms with Crippen molar-refractivity contribution in [3.05, 3.63) is 47.3 Å². The summed E-state index contributed by atoms with van der Waals surface area (Å²) in [6.07, 6.45) is 2.96. The molecule has 0 bridgehead atoms. The molecule has 2 aromatic rings. The molecule has 7 heteroatoms. The van der Waals surface area contributed by atoms with E-state index in [0.717, 1.165) is 11.1 Å². The standard InChI is InChI=1S/C15H18N4O3/c1-10-4-11(2)6-13(5-10)22-9-14(20)17-18-15(21)12-7-16-19(3)8-12/h4-8H,9H2,1-3H3,(H,17,20)(H,18,21). The molecule has 116 valence electrons. The SMILES string of the molecule is Cc1cc(C)cc(OCC(=O)NNC(=O)c2cnn(C)c2)c1. The number of carbonyl (C=O) groups is 2. The van der Waals surface area contributed by atoms with Crippen molar-refractivity contribution in [1.82, 2.24) is 20.6 Å². The third-order valence-electron chi connectivity index (χ3n) is 2.85. The van der Waals surface area contributed by atoms with Crippen molar-refractivity contribution in [1.29, 1.82) is 0 Å². The molecule has 22 heavy (non-hydrogen) atoms. The van der Waals surface area contributed by atoms with Crippen LogP contribution in [0.5, 0.6) is 5.75 Å². The Balaban J connectivity index is 1.79. The molecular formula is C15H18N4O3. The fourth-order valence-electron chi connectivity index (χ4n) is 1.94. The van der Waals surface area contributed by atoms with E-state index in [1.807, 2.05) is 32.0 Å². The van der Waals surface area contributed by atoms with E-state index in [4.69, 9.17) is 4.74 Å². The van der Waals surface area contributed by atoms with E-state index in [1.54, 1.807) is 13.2 Å². The van der Waals surface area contributed by atoms with Crippen LogP contribution < -0.4 is 15.6 Å². The number of carbonyl (C=O) groups excluding carboxylic acids is 2. The van der Waals surface area contributed by atoms with Gasteiger partial charge < -0.3 is 4.74 Å². The fourth-order valence-corrected chi connectivity index (χ4v) is 1.94. The summed E-state index contributed by atoms with van der Waals surface area (Å²) in [5.41, 5.74) is 7.06. The number of hydrogen-bond acceptors (Lipinski definition) is 4. The number of rotatable bonds is 4. The van der Waals surface area contributed by atoms with Crippen molar-refractivity contribution in [2.45, 2.75) is 13.8 Å². The van der Waals surface area contributed by atoms with Crippen LogP contribution in [0.4, 0.5) is 0 Å². The summed E-state index contributed by atoms with van der Waals surface area (Å²) in [5, 5.41) is 3.88. The molecule has 2 amide bonds. The lowest BCUT2D eigenvalue weighted by atomic mass is 10.1. The van der Waals surface area contributed by atoms with E-state index < -0.39 is 11.8 Å². The molecule has 0 radical (unpaired) electrons. The zero-order valence-corrected chi connectivity index (χ0v) is 12.7. The Morgan fingerprint density at radius 2 is 1.86 bits per heavy atom. The van der Waals surface area contributed by atoms with Crippen molar-refractivity contribution in [3.8, 4) is 5.75 Å². The molecule has 1 aromatic carbocycles. The molecule has 0 spiro atoms. The summed E-state index contributed by atoms with van der Waals surface area (Å²) < 4.78 is 6.89. The van der Waals surface area contributed by atoms with Gasteiger partial charge in [0.15, 0.2) is 6.61 Å². The Labute approximate surface area is 128 Å². The molecule has 0 aliphatic heterocycles. The number of benzene rings is 1. The van der Waals surface area contributed by atoms with Crippen LogP contribution in [-0.4, -0.2) is 28.2 Å². The Morgan fingerprint density at radius 1 is 1.18 bits per heavy atom. The zero-order chi connectivity index (χ0) is 16.1. The molecule has 1 heterocycles. The number of aryl methyl sites for hydroxylation is 3. The lowest BCUT2D eigenvalue weighted by Gasteiger charge is -2.09. The van der Waals surface area contributed by atoms with Gasteiger partial charge in [0, 0.05) is 13.2 Å². The average Bonchev–Trinajstić information content (AvgIpc) is 2.88. The third kappa shape index (κ3) is 4.34. The maximum atomic E-state index is 11.7. The molecule has 0 saturated heterocycles. The van der Waals surface area contributed by atoms with Crippen molar-refractivity contribution in [2.24, 2.45) is 7.05 Å². The van der Waals surface area contributed by atoms with Crippen LogP contribution in [-0.2, 0) is 11.8 Å². The first-order valence-corrected chi connectivity index (χ1v) is 6.73. The summed E-state index contributed by atoms with van der Waals surface area (Å²) in [6.45, 7) is 3.72. The molecule has 2 N–H and O–H groups in total. The first-order valence-electron chi connectivity index (χ1n) is 6.73. The Kier molecular flexibility index (Phi) is 4.77. The smallest absolute Gasteiger partial charge is 0.276 e. The number of nitrogens with one attached hydrogen (secondary N) is 2. The van der Waals surface area contributed by atoms with Crippen molar-refractivity contribution >= 4 is 11.8 Å². The zero-order valence-electron chi connectivity index (χ0n) is 12.7. The predicted octanol–water partition coefficient (Wildman–Crippen LogP) is 0.877. The second kappa shape index (κ2) is 6.75. The quantitative estimate of drug-likeness (QED) is 0.821. The van der Waals surface area contributed by atoms with Crippen LogP contribution in [0.2, 0.25) is 0 Å². The maximum Gasteiger partial charge on any atom is 0.276 e. The van der Waals surface area contributed by atoms with Gasteiger partial charge in [-0.2, -0.15) is 5.10 Å². The third-order valence-corrected chi connectivity index (χ3v) is 2.85. The summed E-state index contributed by atoms with van der Waals surface area (Å²) in [6, 6.07) is 5.70. The highest BCUT2D eigenvalue weighted by molar-refractivity contribution is 5.95. The molecule has 0 saturated carbocycles. The highest BCUT2D eigenvalue weighted by atomic mass is 16.5. The second-order valence-corrected chi connectivity index (χ2v) is 5.02. The predicted molar refractivity (Wildman–Crippen MR) is 80.2 cm³/mol. The molecule has 0 aliphatic carbocycles.